The van der Waals surface area contributed by atoms with Gasteiger partial charge in [-0.1, -0.05) is 11.6 Å². The topological polar surface area (TPSA) is 80.8 Å². The number of nitrogens with zero attached hydrogens (tertiary/aromatic N) is 4. The van der Waals surface area contributed by atoms with Crippen LogP contribution in [-0.2, 0) is 4.74 Å². The zero-order valence-corrected chi connectivity index (χ0v) is 10.0. The molecule has 0 saturated carbocycles. The molecule has 0 N–H and O–H groups in total. The van der Waals surface area contributed by atoms with Gasteiger partial charge in [-0.15, -0.1) is 5.10 Å². The van der Waals surface area contributed by atoms with Gasteiger partial charge in [0.2, 0.25) is 0 Å². The largest absolute Gasteiger partial charge is 0.463 e. The molecule has 18 heavy (non-hydrogen) atoms. The third-order valence-electron chi connectivity index (χ3n) is 2.20. The van der Waals surface area contributed by atoms with Gasteiger partial charge in [-0.3, -0.25) is 0 Å². The molecule has 0 bridgehead atoms. The van der Waals surface area contributed by atoms with E-state index in [1.807, 2.05) is 6.07 Å². The average molecular weight is 263 g/mol. The summed E-state index contributed by atoms with van der Waals surface area (Å²) in [6.45, 7) is 0. The predicted octanol–water partition coefficient (Wildman–Crippen LogP) is 1.58. The molecule has 0 aliphatic rings. The summed E-state index contributed by atoms with van der Waals surface area (Å²) in [7, 11) is 1.25. The van der Waals surface area contributed by atoms with Crippen LogP contribution < -0.4 is 0 Å². The Morgan fingerprint density at radius 1 is 1.56 bits per heavy atom. The van der Waals surface area contributed by atoms with Gasteiger partial charge in [-0.25, -0.2) is 14.5 Å². The maximum absolute atomic E-state index is 11.2. The minimum absolute atomic E-state index is 0.0435. The van der Waals surface area contributed by atoms with E-state index in [0.29, 0.717) is 16.3 Å². The van der Waals surface area contributed by atoms with Crippen LogP contribution in [0.5, 0.6) is 0 Å². The van der Waals surface area contributed by atoms with E-state index in [0.717, 1.165) is 0 Å². The Morgan fingerprint density at radius 2 is 2.33 bits per heavy atom. The third kappa shape index (κ3) is 2.17. The molecule has 0 aliphatic heterocycles. The standard InChI is InChI=1S/C11H7ClN4O2/c1-18-11(17)10-14-6-16(15-10)8-3-2-7(5-13)9(12)4-8/h2-4,6H,1H3. The van der Waals surface area contributed by atoms with Gasteiger partial charge in [0.05, 0.1) is 23.4 Å². The number of esters is 1. The normalized spacial score (nSPS) is 9.83. The smallest absolute Gasteiger partial charge is 0.377 e. The van der Waals surface area contributed by atoms with Gasteiger partial charge in [0.25, 0.3) is 5.82 Å². The molecule has 2 aromatic rings. The summed E-state index contributed by atoms with van der Waals surface area (Å²) < 4.78 is 5.87. The van der Waals surface area contributed by atoms with Gasteiger partial charge < -0.3 is 4.74 Å². The van der Waals surface area contributed by atoms with Crippen molar-refractivity contribution in [3.63, 3.8) is 0 Å². The first-order valence-corrected chi connectivity index (χ1v) is 5.23. The minimum atomic E-state index is -0.617. The SMILES string of the molecule is COC(=O)c1ncn(-c2ccc(C#N)c(Cl)c2)n1. The summed E-state index contributed by atoms with van der Waals surface area (Å²) in [4.78, 5) is 15.0. The number of aromatic nitrogens is 3. The van der Waals surface area contributed by atoms with Crippen molar-refractivity contribution in [2.75, 3.05) is 7.11 Å². The summed E-state index contributed by atoms with van der Waals surface area (Å²) in [5, 5.41) is 13.0. The zero-order valence-electron chi connectivity index (χ0n) is 9.29. The number of methoxy groups -OCH3 is 1. The fourth-order valence-electron chi connectivity index (χ4n) is 1.31. The summed E-state index contributed by atoms with van der Waals surface area (Å²) in [5.74, 6) is -0.661. The van der Waals surface area contributed by atoms with Gasteiger partial charge in [-0.2, -0.15) is 5.26 Å². The molecular formula is C11H7ClN4O2. The first kappa shape index (κ1) is 12.1. The second-order valence-electron chi connectivity index (χ2n) is 3.28. The molecule has 1 aromatic carbocycles. The highest BCUT2D eigenvalue weighted by Gasteiger charge is 2.12. The highest BCUT2D eigenvalue weighted by atomic mass is 35.5. The maximum Gasteiger partial charge on any atom is 0.377 e. The number of benzene rings is 1. The van der Waals surface area contributed by atoms with Gasteiger partial charge in [0.15, 0.2) is 0 Å². The Kier molecular flexibility index (Phi) is 3.26. The van der Waals surface area contributed by atoms with Gasteiger partial charge in [0.1, 0.15) is 12.4 Å². The fourth-order valence-corrected chi connectivity index (χ4v) is 1.53. The zero-order chi connectivity index (χ0) is 13.1. The molecule has 7 heteroatoms. The van der Waals surface area contributed by atoms with Gasteiger partial charge in [-0.05, 0) is 18.2 Å². The number of rotatable bonds is 2. The number of halogens is 1. The molecule has 6 nitrogen and oxygen atoms in total. The Hall–Kier alpha value is -2.39. The van der Waals surface area contributed by atoms with Crippen molar-refractivity contribution >= 4 is 17.6 Å². The Balaban J connectivity index is 2.38. The van der Waals surface area contributed by atoms with E-state index in [2.05, 4.69) is 14.8 Å². The van der Waals surface area contributed by atoms with Crippen LogP contribution in [0.3, 0.4) is 0 Å². The van der Waals surface area contributed by atoms with Crippen LogP contribution >= 0.6 is 11.6 Å². The number of nitriles is 1. The molecule has 0 saturated heterocycles. The first-order chi connectivity index (χ1) is 8.65. The molecule has 1 aromatic heterocycles. The summed E-state index contributed by atoms with van der Waals surface area (Å²) in [6.07, 6.45) is 1.37. The van der Waals surface area contributed by atoms with Crippen molar-refractivity contribution in [1.29, 1.82) is 5.26 Å². The molecule has 0 amide bonds. The number of carbonyl (C=O) groups excluding carboxylic acids is 1. The van der Waals surface area contributed by atoms with Gasteiger partial charge in [0, 0.05) is 0 Å². The molecule has 0 atom stereocenters. The van der Waals surface area contributed by atoms with Crippen LogP contribution in [-0.4, -0.2) is 27.8 Å². The lowest BCUT2D eigenvalue weighted by molar-refractivity contribution is 0.0587. The van der Waals surface area contributed by atoms with Crippen LogP contribution in [0.1, 0.15) is 16.2 Å². The van der Waals surface area contributed by atoms with Crippen LogP contribution in [0.25, 0.3) is 5.69 Å². The lowest BCUT2D eigenvalue weighted by Gasteiger charge is -2.01. The summed E-state index contributed by atoms with van der Waals surface area (Å²) in [5.41, 5.74) is 0.968. The number of ether oxygens (including phenoxy) is 1. The van der Waals surface area contributed by atoms with E-state index < -0.39 is 5.97 Å². The Bertz CT molecular complexity index is 645. The molecule has 0 radical (unpaired) electrons. The van der Waals surface area contributed by atoms with Crippen molar-refractivity contribution in [3.8, 4) is 11.8 Å². The van der Waals surface area contributed by atoms with Crippen LogP contribution in [0.2, 0.25) is 5.02 Å². The van der Waals surface area contributed by atoms with Crippen molar-refractivity contribution in [3.05, 3.63) is 40.9 Å². The highest BCUT2D eigenvalue weighted by molar-refractivity contribution is 6.31. The minimum Gasteiger partial charge on any atom is -0.463 e. The van der Waals surface area contributed by atoms with E-state index in [1.165, 1.54) is 18.1 Å². The summed E-state index contributed by atoms with van der Waals surface area (Å²) >= 11 is 5.90. The van der Waals surface area contributed by atoms with Crippen molar-refractivity contribution < 1.29 is 9.53 Å². The Labute approximate surface area is 107 Å². The quantitative estimate of drug-likeness (QED) is 0.768. The highest BCUT2D eigenvalue weighted by Crippen LogP contribution is 2.19. The fraction of sp³-hybridized carbons (Fsp3) is 0.0909. The second kappa shape index (κ2) is 4.85. The predicted molar refractivity (Wildman–Crippen MR) is 62.4 cm³/mol. The average Bonchev–Trinajstić information content (AvgIpc) is 2.87. The molecule has 0 fully saturated rings. The number of hydrogen-bond acceptors (Lipinski definition) is 5. The van der Waals surface area contributed by atoms with Crippen LogP contribution in [0.4, 0.5) is 0 Å². The Morgan fingerprint density at radius 3 is 2.94 bits per heavy atom. The van der Waals surface area contributed by atoms with Gasteiger partial charge >= 0.3 is 5.97 Å². The first-order valence-electron chi connectivity index (χ1n) is 4.85. The third-order valence-corrected chi connectivity index (χ3v) is 2.51. The molecule has 90 valence electrons. The van der Waals surface area contributed by atoms with E-state index >= 15 is 0 Å². The van der Waals surface area contributed by atoms with E-state index in [4.69, 9.17) is 16.9 Å². The second-order valence-corrected chi connectivity index (χ2v) is 3.69. The van der Waals surface area contributed by atoms with Crippen LogP contribution in [0, 0.1) is 11.3 Å². The molecule has 0 aliphatic carbocycles. The number of hydrogen-bond donors (Lipinski definition) is 0. The summed E-state index contributed by atoms with van der Waals surface area (Å²) in [6, 6.07) is 6.74. The maximum atomic E-state index is 11.2. The van der Waals surface area contributed by atoms with Crippen molar-refractivity contribution in [2.24, 2.45) is 0 Å². The molecule has 1 heterocycles. The number of carbonyl (C=O) groups is 1. The van der Waals surface area contributed by atoms with Crippen LogP contribution in [0.15, 0.2) is 24.5 Å². The molecule has 0 spiro atoms. The monoisotopic (exact) mass is 262 g/mol. The van der Waals surface area contributed by atoms with Crippen molar-refractivity contribution in [1.82, 2.24) is 14.8 Å². The van der Waals surface area contributed by atoms with E-state index in [-0.39, 0.29) is 5.82 Å². The molecule has 2 rings (SSSR count). The lowest BCUT2D eigenvalue weighted by Crippen LogP contribution is -2.05. The molecular weight excluding hydrogens is 256 g/mol. The lowest BCUT2D eigenvalue weighted by atomic mass is 10.2. The van der Waals surface area contributed by atoms with E-state index in [9.17, 15) is 4.79 Å². The molecule has 0 unspecified atom stereocenters. The van der Waals surface area contributed by atoms with E-state index in [1.54, 1.807) is 18.2 Å². The van der Waals surface area contributed by atoms with Crippen molar-refractivity contribution in [2.45, 2.75) is 0 Å².